The molecule has 314 valence electrons. The van der Waals surface area contributed by atoms with Crippen LogP contribution in [0.25, 0.3) is 0 Å². The number of esters is 1. The van der Waals surface area contributed by atoms with Crippen LogP contribution in [0, 0.1) is 30.1 Å². The molecule has 0 aromatic carbocycles. The van der Waals surface area contributed by atoms with Gasteiger partial charge in [-0.2, -0.15) is 13.2 Å². The maximum atomic E-state index is 14.6. The molecule has 0 saturated heterocycles. The quantitative estimate of drug-likeness (QED) is 0.0438. The second-order valence-electron chi connectivity index (χ2n) is 14.7. The van der Waals surface area contributed by atoms with E-state index in [-0.39, 0.29) is 24.5 Å². The van der Waals surface area contributed by atoms with E-state index in [2.05, 4.69) is 18.1 Å². The Labute approximate surface area is 345 Å². The van der Waals surface area contributed by atoms with E-state index in [0.29, 0.717) is 31.0 Å². The molecule has 16 heteroatoms. The molecule has 0 saturated carbocycles. The van der Waals surface area contributed by atoms with E-state index >= 15 is 0 Å². The van der Waals surface area contributed by atoms with Crippen molar-refractivity contribution in [2.45, 2.75) is 141 Å². The third-order valence-corrected chi connectivity index (χ3v) is 15.9. The number of thiazole rings is 1. The monoisotopic (exact) mass is 875 g/mol. The van der Waals surface area contributed by atoms with Crippen molar-refractivity contribution in [2.75, 3.05) is 6.61 Å². The van der Waals surface area contributed by atoms with Crippen molar-refractivity contribution in [3.8, 4) is 0 Å². The minimum absolute atomic E-state index is 0.199. The van der Waals surface area contributed by atoms with Crippen molar-refractivity contribution >= 4 is 72.4 Å². The Balaban J connectivity index is 3.60. The van der Waals surface area contributed by atoms with Gasteiger partial charge in [-0.3, -0.25) is 9.59 Å². The number of carbonyl (C=O) groups excluding carboxylic acids is 3. The summed E-state index contributed by atoms with van der Waals surface area (Å²) >= 11 is 18.7. The first-order valence-electron chi connectivity index (χ1n) is 18.6. The Morgan fingerprint density at radius 2 is 1.56 bits per heavy atom. The normalized spacial score (nSPS) is 16.3. The highest BCUT2D eigenvalue weighted by atomic mass is 35.6. The molecule has 0 aliphatic carbocycles. The largest absolute Gasteiger partial charge is 0.508 e. The van der Waals surface area contributed by atoms with Crippen molar-refractivity contribution in [3.05, 3.63) is 53.0 Å². The molecule has 8 nitrogen and oxygen atoms in total. The minimum atomic E-state index is -4.59. The lowest BCUT2D eigenvalue weighted by Crippen LogP contribution is -2.52. The van der Waals surface area contributed by atoms with Gasteiger partial charge >= 0.3 is 18.3 Å². The molecule has 1 aromatic heterocycles. The van der Waals surface area contributed by atoms with Crippen LogP contribution >= 0.6 is 46.1 Å². The van der Waals surface area contributed by atoms with Gasteiger partial charge in [0.25, 0.3) is 0 Å². The highest BCUT2D eigenvalue weighted by Gasteiger charge is 2.48. The fourth-order valence-corrected chi connectivity index (χ4v) is 10.3. The summed E-state index contributed by atoms with van der Waals surface area (Å²) in [5, 5.41) is 2.71. The van der Waals surface area contributed by atoms with E-state index in [1.54, 1.807) is 40.7 Å². The number of hydrogen-bond donors (Lipinski definition) is 0. The number of nitrogens with zero attached hydrogens (tertiary/aromatic N) is 1. The maximum Gasteiger partial charge on any atom is 0.508 e. The van der Waals surface area contributed by atoms with Crippen LogP contribution in [0.5, 0.6) is 0 Å². The van der Waals surface area contributed by atoms with Gasteiger partial charge in [-0.05, 0) is 56.2 Å². The first kappa shape index (κ1) is 51.1. The third-order valence-electron chi connectivity index (χ3n) is 10.1. The summed E-state index contributed by atoms with van der Waals surface area (Å²) in [7, 11) is -2.49. The average molecular weight is 877 g/mol. The number of aromatic nitrogens is 1. The molecule has 1 aromatic rings. The molecule has 1 unspecified atom stereocenters. The van der Waals surface area contributed by atoms with Gasteiger partial charge in [0.15, 0.2) is 8.32 Å². The Morgan fingerprint density at radius 1 is 0.964 bits per heavy atom. The highest BCUT2D eigenvalue weighted by Crippen LogP contribution is 2.38. The van der Waals surface area contributed by atoms with Gasteiger partial charge in [0.2, 0.25) is 3.79 Å². The molecule has 1 rings (SSSR count). The van der Waals surface area contributed by atoms with E-state index in [4.69, 9.17) is 53.4 Å². The summed E-state index contributed by atoms with van der Waals surface area (Å²) in [6, 6.07) is 2.14. The summed E-state index contributed by atoms with van der Waals surface area (Å²) in [6.07, 6.45) is -4.95. The fraction of sp³-hybridized carbons (Fsp3) is 0.692. The molecule has 6 atom stereocenters. The van der Waals surface area contributed by atoms with E-state index in [1.165, 1.54) is 17.4 Å². The number of allylic oxidation sites excluding steroid dienone is 3. The van der Waals surface area contributed by atoms with Crippen LogP contribution < -0.4 is 0 Å². The molecule has 0 spiro atoms. The molecular formula is C39H59Cl3F3NO7SSi. The van der Waals surface area contributed by atoms with Crippen LogP contribution in [0.1, 0.15) is 91.8 Å². The maximum absolute atomic E-state index is 14.6. The Hall–Kier alpha value is -1.90. The molecule has 0 fully saturated rings. The number of hydrogen-bond acceptors (Lipinski definition) is 9. The van der Waals surface area contributed by atoms with Crippen LogP contribution in [0.3, 0.4) is 0 Å². The SMILES string of the molecule is C=CC/C(=C\C[C@H](OC(=O)C[C@H](O[Si](CC)(CC)CC)C(C)(C)C(=O)[C@H](C)[C@@H](OC(=O)OCC(Cl)(Cl)Cl)[C@@H](C)CC=C)C(C)Cc1csc(C)n1)C(F)(F)F. The molecule has 0 amide bonds. The predicted molar refractivity (Wildman–Crippen MR) is 218 cm³/mol. The molecule has 1 heterocycles. The van der Waals surface area contributed by atoms with Crippen LogP contribution in [0.15, 0.2) is 42.3 Å². The van der Waals surface area contributed by atoms with Crippen molar-refractivity contribution in [1.29, 1.82) is 0 Å². The van der Waals surface area contributed by atoms with Crippen molar-refractivity contribution in [2.24, 2.45) is 23.2 Å². The lowest BCUT2D eigenvalue weighted by molar-refractivity contribution is -0.157. The zero-order valence-electron chi connectivity index (χ0n) is 33.5. The average Bonchev–Trinajstić information content (AvgIpc) is 3.51. The van der Waals surface area contributed by atoms with Gasteiger partial charge in [-0.1, -0.05) is 108 Å². The summed E-state index contributed by atoms with van der Waals surface area (Å²) in [5.41, 5.74) is -1.38. The van der Waals surface area contributed by atoms with E-state index < -0.39 is 84.6 Å². The number of Topliss-reactive ketones (excluding diaryl/α,β-unsaturated/α-hetero) is 1. The summed E-state index contributed by atoms with van der Waals surface area (Å²) in [4.78, 5) is 45.8. The minimum Gasteiger partial charge on any atom is -0.462 e. The third kappa shape index (κ3) is 16.8. The van der Waals surface area contributed by atoms with Gasteiger partial charge < -0.3 is 18.6 Å². The highest BCUT2D eigenvalue weighted by molar-refractivity contribution is 7.09. The van der Waals surface area contributed by atoms with Gasteiger partial charge in [-0.25, -0.2) is 9.78 Å². The number of ketones is 1. The number of halogens is 6. The molecule has 0 N–H and O–H groups in total. The first-order valence-corrected chi connectivity index (χ1v) is 23.1. The summed E-state index contributed by atoms with van der Waals surface area (Å²) in [6.45, 7) is 23.1. The van der Waals surface area contributed by atoms with Crippen molar-refractivity contribution in [3.63, 3.8) is 0 Å². The van der Waals surface area contributed by atoms with Gasteiger partial charge in [0.1, 0.15) is 24.6 Å². The second-order valence-corrected chi connectivity index (χ2v) is 23.0. The molecule has 0 aliphatic heterocycles. The van der Waals surface area contributed by atoms with Gasteiger partial charge in [0, 0.05) is 22.8 Å². The van der Waals surface area contributed by atoms with Crippen molar-refractivity contribution < 1.29 is 46.2 Å². The molecule has 0 radical (unpaired) electrons. The Kier molecular flexibility index (Phi) is 21.3. The number of aryl methyl sites for hydroxylation is 1. The zero-order valence-corrected chi connectivity index (χ0v) is 37.6. The number of rotatable bonds is 24. The lowest BCUT2D eigenvalue weighted by Gasteiger charge is -2.42. The molecule has 55 heavy (non-hydrogen) atoms. The smallest absolute Gasteiger partial charge is 0.462 e. The summed E-state index contributed by atoms with van der Waals surface area (Å²) < 4.78 is 63.2. The van der Waals surface area contributed by atoms with Crippen LogP contribution in [0.4, 0.5) is 18.0 Å². The Bertz CT molecular complexity index is 1440. The Morgan fingerprint density at radius 3 is 2.04 bits per heavy atom. The van der Waals surface area contributed by atoms with E-state index in [9.17, 15) is 27.6 Å². The van der Waals surface area contributed by atoms with Crippen LogP contribution in [-0.2, 0) is 34.6 Å². The number of ether oxygens (including phenoxy) is 3. The molecule has 0 aliphatic rings. The van der Waals surface area contributed by atoms with E-state index in [1.807, 2.05) is 33.1 Å². The second kappa shape index (κ2) is 22.9. The van der Waals surface area contributed by atoms with Crippen LogP contribution in [-0.4, -0.2) is 66.1 Å². The first-order chi connectivity index (χ1) is 25.4. The van der Waals surface area contributed by atoms with E-state index in [0.717, 1.165) is 16.8 Å². The van der Waals surface area contributed by atoms with Crippen molar-refractivity contribution in [1.82, 2.24) is 4.98 Å². The fourth-order valence-electron chi connectivity index (χ4n) is 6.49. The number of alkyl halides is 6. The molecular weight excluding hydrogens is 818 g/mol. The molecule has 0 bridgehead atoms. The van der Waals surface area contributed by atoms with Crippen LogP contribution in [0.2, 0.25) is 18.1 Å². The summed E-state index contributed by atoms with van der Waals surface area (Å²) in [5.74, 6) is -2.78. The predicted octanol–water partition coefficient (Wildman–Crippen LogP) is 12.1. The van der Waals surface area contributed by atoms with Gasteiger partial charge in [0.05, 0.1) is 29.1 Å². The van der Waals surface area contributed by atoms with Gasteiger partial charge in [-0.15, -0.1) is 24.5 Å². The lowest BCUT2D eigenvalue weighted by atomic mass is 9.73. The zero-order chi connectivity index (χ0) is 42.4. The number of carbonyl (C=O) groups is 3. The topological polar surface area (TPSA) is 101 Å². The standard InChI is InChI=1S/C39H59Cl3F3NO7SSi/c1-12-17-25(6)34(52-36(49)50-24-38(40,41)42)27(8)35(48)37(10,11)32(53-55(14-3,15-4)16-5)22-33(47)51-31(20-19-29(18-13-2)39(43,44)45)26(7)21-30-23-54-28(9)46-30/h12-13,19,23,25-27,31-32,34H,1-2,14-18,20-22,24H2,3-11H3/b29-19+/t25-,26?,27+,31-,32-,34-/m0/s1.